The van der Waals surface area contributed by atoms with Crippen molar-refractivity contribution in [1.82, 2.24) is 5.32 Å². The van der Waals surface area contributed by atoms with Gasteiger partial charge in [0.05, 0.1) is 6.61 Å². The van der Waals surface area contributed by atoms with Crippen LogP contribution in [0.1, 0.15) is 45.6 Å². The molecule has 0 spiro atoms. The highest BCUT2D eigenvalue weighted by Gasteiger charge is 2.09. The average molecular weight is 279 g/mol. The van der Waals surface area contributed by atoms with Gasteiger partial charge in [-0.25, -0.2) is 0 Å². The van der Waals surface area contributed by atoms with E-state index < -0.39 is 0 Å². The van der Waals surface area contributed by atoms with E-state index in [4.69, 9.17) is 9.84 Å². The van der Waals surface area contributed by atoms with Gasteiger partial charge in [-0.2, -0.15) is 0 Å². The van der Waals surface area contributed by atoms with E-state index in [1.807, 2.05) is 19.1 Å². The standard InChI is InChI=1S/C17H29NO2/c1-4-5-6-11-20-17-9-7-16(8-10-17)12-18-15(3)14(2)13-19/h7-10,14-15,18-19H,4-6,11-13H2,1-3H3. The Morgan fingerprint density at radius 3 is 2.45 bits per heavy atom. The second kappa shape index (κ2) is 9.78. The van der Waals surface area contributed by atoms with E-state index in [1.54, 1.807) is 0 Å². The zero-order valence-electron chi connectivity index (χ0n) is 13.1. The van der Waals surface area contributed by atoms with Crippen LogP contribution in [0.15, 0.2) is 24.3 Å². The molecule has 0 aliphatic heterocycles. The van der Waals surface area contributed by atoms with Gasteiger partial charge in [0.2, 0.25) is 0 Å². The largest absolute Gasteiger partial charge is 0.494 e. The van der Waals surface area contributed by atoms with Gasteiger partial charge in [-0.3, -0.25) is 0 Å². The first-order chi connectivity index (χ1) is 9.67. The van der Waals surface area contributed by atoms with E-state index >= 15 is 0 Å². The van der Waals surface area contributed by atoms with E-state index in [0.717, 1.165) is 25.3 Å². The second-order valence-corrected chi connectivity index (χ2v) is 5.53. The van der Waals surface area contributed by atoms with Gasteiger partial charge < -0.3 is 15.2 Å². The van der Waals surface area contributed by atoms with Crippen molar-refractivity contribution < 1.29 is 9.84 Å². The number of hydrogen-bond donors (Lipinski definition) is 2. The van der Waals surface area contributed by atoms with Crippen LogP contribution in [0, 0.1) is 5.92 Å². The molecule has 1 aromatic rings. The van der Waals surface area contributed by atoms with Crippen molar-refractivity contribution in [3.05, 3.63) is 29.8 Å². The molecule has 0 saturated heterocycles. The van der Waals surface area contributed by atoms with Crippen molar-refractivity contribution in [3.63, 3.8) is 0 Å². The maximum atomic E-state index is 9.10. The Balaban J connectivity index is 2.31. The summed E-state index contributed by atoms with van der Waals surface area (Å²) in [5, 5.41) is 12.5. The minimum absolute atomic E-state index is 0.221. The summed E-state index contributed by atoms with van der Waals surface area (Å²) in [5.74, 6) is 1.22. The summed E-state index contributed by atoms with van der Waals surface area (Å²) in [6, 6.07) is 8.56. The molecule has 0 fully saturated rings. The van der Waals surface area contributed by atoms with E-state index in [-0.39, 0.29) is 12.5 Å². The predicted molar refractivity (Wildman–Crippen MR) is 84.0 cm³/mol. The quantitative estimate of drug-likeness (QED) is 0.645. The van der Waals surface area contributed by atoms with Crippen LogP contribution in [0.2, 0.25) is 0 Å². The molecule has 20 heavy (non-hydrogen) atoms. The van der Waals surface area contributed by atoms with Crippen molar-refractivity contribution in [2.24, 2.45) is 5.92 Å². The zero-order valence-corrected chi connectivity index (χ0v) is 13.1. The fourth-order valence-electron chi connectivity index (χ4n) is 1.88. The number of nitrogens with one attached hydrogen (secondary N) is 1. The Morgan fingerprint density at radius 2 is 1.85 bits per heavy atom. The molecule has 0 aliphatic rings. The fourth-order valence-corrected chi connectivity index (χ4v) is 1.88. The minimum atomic E-state index is 0.221. The monoisotopic (exact) mass is 279 g/mol. The van der Waals surface area contributed by atoms with Gasteiger partial charge in [0.1, 0.15) is 5.75 Å². The molecule has 1 rings (SSSR count). The molecule has 2 atom stereocenters. The molecule has 0 radical (unpaired) electrons. The number of rotatable bonds is 10. The molecule has 0 amide bonds. The lowest BCUT2D eigenvalue weighted by atomic mass is 10.0. The van der Waals surface area contributed by atoms with Crippen LogP contribution >= 0.6 is 0 Å². The van der Waals surface area contributed by atoms with Crippen molar-refractivity contribution in [2.45, 2.75) is 52.6 Å². The van der Waals surface area contributed by atoms with Crippen LogP contribution in [-0.4, -0.2) is 24.4 Å². The first-order valence-corrected chi connectivity index (χ1v) is 7.73. The predicted octanol–water partition coefficient (Wildman–Crippen LogP) is 3.36. The van der Waals surface area contributed by atoms with Crippen LogP contribution in [0.25, 0.3) is 0 Å². The smallest absolute Gasteiger partial charge is 0.119 e. The maximum absolute atomic E-state index is 9.10. The van der Waals surface area contributed by atoms with Crippen molar-refractivity contribution in [3.8, 4) is 5.75 Å². The topological polar surface area (TPSA) is 41.5 Å². The summed E-state index contributed by atoms with van der Waals surface area (Å²) in [6.45, 7) is 8.19. The Kier molecular flexibility index (Phi) is 8.31. The van der Waals surface area contributed by atoms with Gasteiger partial charge in [-0.15, -0.1) is 0 Å². The number of benzene rings is 1. The zero-order chi connectivity index (χ0) is 14.8. The molecule has 0 saturated carbocycles. The van der Waals surface area contributed by atoms with Gasteiger partial charge in [-0.1, -0.05) is 38.8 Å². The van der Waals surface area contributed by atoms with Crippen LogP contribution < -0.4 is 10.1 Å². The van der Waals surface area contributed by atoms with Crippen molar-refractivity contribution in [2.75, 3.05) is 13.2 Å². The number of hydrogen-bond acceptors (Lipinski definition) is 3. The molecule has 2 unspecified atom stereocenters. The number of aliphatic hydroxyl groups is 1. The third-order valence-corrected chi connectivity index (χ3v) is 3.71. The van der Waals surface area contributed by atoms with E-state index in [0.29, 0.717) is 6.04 Å². The van der Waals surface area contributed by atoms with Crippen molar-refractivity contribution in [1.29, 1.82) is 0 Å². The Labute approximate surface area is 123 Å². The molecule has 114 valence electrons. The summed E-state index contributed by atoms with van der Waals surface area (Å²) in [5.41, 5.74) is 1.24. The summed E-state index contributed by atoms with van der Waals surface area (Å²) < 4.78 is 5.69. The van der Waals surface area contributed by atoms with Crippen molar-refractivity contribution >= 4 is 0 Å². The SMILES string of the molecule is CCCCCOc1ccc(CNC(C)C(C)CO)cc1. The molecule has 3 nitrogen and oxygen atoms in total. The second-order valence-electron chi connectivity index (χ2n) is 5.53. The van der Waals surface area contributed by atoms with Crippen LogP contribution in [0.4, 0.5) is 0 Å². The summed E-state index contributed by atoms with van der Waals surface area (Å²) in [7, 11) is 0. The normalized spacial score (nSPS) is 14.0. The first-order valence-electron chi connectivity index (χ1n) is 7.73. The summed E-state index contributed by atoms with van der Waals surface area (Å²) in [6.07, 6.45) is 3.57. The van der Waals surface area contributed by atoms with E-state index in [1.165, 1.54) is 18.4 Å². The average Bonchev–Trinajstić information content (AvgIpc) is 2.49. The maximum Gasteiger partial charge on any atom is 0.119 e. The minimum Gasteiger partial charge on any atom is -0.494 e. The fraction of sp³-hybridized carbons (Fsp3) is 0.647. The number of ether oxygens (including phenoxy) is 1. The molecule has 2 N–H and O–H groups in total. The Morgan fingerprint density at radius 1 is 1.15 bits per heavy atom. The lowest BCUT2D eigenvalue weighted by Crippen LogP contribution is -2.33. The number of unbranched alkanes of at least 4 members (excludes halogenated alkanes) is 2. The van der Waals surface area contributed by atoms with Crippen LogP contribution in [-0.2, 0) is 6.54 Å². The lowest BCUT2D eigenvalue weighted by molar-refractivity contribution is 0.207. The highest BCUT2D eigenvalue weighted by atomic mass is 16.5. The van der Waals surface area contributed by atoms with Gasteiger partial charge in [0, 0.05) is 19.2 Å². The Bertz CT molecular complexity index is 351. The summed E-state index contributed by atoms with van der Waals surface area (Å²) >= 11 is 0. The van der Waals surface area contributed by atoms with Crippen LogP contribution in [0.5, 0.6) is 5.75 Å². The molecular formula is C17H29NO2. The van der Waals surface area contributed by atoms with Gasteiger partial charge in [0.15, 0.2) is 0 Å². The third-order valence-electron chi connectivity index (χ3n) is 3.71. The molecule has 3 heteroatoms. The molecule has 0 heterocycles. The first kappa shape index (κ1) is 17.0. The molecular weight excluding hydrogens is 250 g/mol. The van der Waals surface area contributed by atoms with Gasteiger partial charge in [0.25, 0.3) is 0 Å². The lowest BCUT2D eigenvalue weighted by Gasteiger charge is -2.19. The van der Waals surface area contributed by atoms with Gasteiger partial charge >= 0.3 is 0 Å². The Hall–Kier alpha value is -1.06. The third kappa shape index (κ3) is 6.40. The van der Waals surface area contributed by atoms with Crippen LogP contribution in [0.3, 0.4) is 0 Å². The molecule has 0 aromatic heterocycles. The number of aliphatic hydroxyl groups excluding tert-OH is 1. The molecule has 0 aliphatic carbocycles. The van der Waals surface area contributed by atoms with Gasteiger partial charge in [-0.05, 0) is 37.0 Å². The molecule has 0 bridgehead atoms. The highest BCUT2D eigenvalue weighted by molar-refractivity contribution is 5.27. The summed E-state index contributed by atoms with van der Waals surface area (Å²) in [4.78, 5) is 0. The van der Waals surface area contributed by atoms with E-state index in [9.17, 15) is 0 Å². The highest BCUT2D eigenvalue weighted by Crippen LogP contribution is 2.13. The molecule has 1 aromatic carbocycles. The van der Waals surface area contributed by atoms with E-state index in [2.05, 4.69) is 31.3 Å².